The SMILES string of the molecule is CC(C)N1CC(=Cc2ccsc2)C2=C(C1)C(c1cccs1)C(C#N)=C(N)O2. The lowest BCUT2D eigenvalue weighted by molar-refractivity contribution is 0.208. The average molecular weight is 396 g/mol. The number of nitrogens with two attached hydrogens (primary N) is 1. The van der Waals surface area contributed by atoms with Gasteiger partial charge in [-0.15, -0.1) is 11.3 Å². The van der Waals surface area contributed by atoms with Crippen molar-refractivity contribution in [3.05, 3.63) is 73.1 Å². The van der Waals surface area contributed by atoms with E-state index in [-0.39, 0.29) is 11.8 Å². The molecule has 2 aromatic rings. The Morgan fingerprint density at radius 1 is 1.33 bits per heavy atom. The highest BCUT2D eigenvalue weighted by Gasteiger charge is 2.38. The summed E-state index contributed by atoms with van der Waals surface area (Å²) >= 11 is 3.33. The van der Waals surface area contributed by atoms with E-state index >= 15 is 0 Å². The summed E-state index contributed by atoms with van der Waals surface area (Å²) in [5.41, 5.74) is 10.1. The van der Waals surface area contributed by atoms with Gasteiger partial charge in [-0.05, 0) is 53.8 Å². The number of allylic oxidation sites excluding steroid dienone is 1. The number of nitriles is 1. The lowest BCUT2D eigenvalue weighted by atomic mass is 9.83. The van der Waals surface area contributed by atoms with E-state index in [9.17, 15) is 5.26 Å². The van der Waals surface area contributed by atoms with Crippen LogP contribution >= 0.6 is 22.7 Å². The Kier molecular flexibility index (Phi) is 4.92. The van der Waals surface area contributed by atoms with Gasteiger partial charge in [-0.25, -0.2) is 0 Å². The van der Waals surface area contributed by atoms with Gasteiger partial charge in [0.1, 0.15) is 17.4 Å². The number of hydrogen-bond donors (Lipinski definition) is 1. The minimum atomic E-state index is -0.133. The fourth-order valence-corrected chi connectivity index (χ4v) is 5.09. The maximum atomic E-state index is 9.76. The van der Waals surface area contributed by atoms with Gasteiger partial charge >= 0.3 is 0 Å². The average Bonchev–Trinajstić information content (AvgIpc) is 3.34. The summed E-state index contributed by atoms with van der Waals surface area (Å²) in [5, 5.41) is 16.0. The van der Waals surface area contributed by atoms with Crippen molar-refractivity contribution in [1.82, 2.24) is 4.90 Å². The third-order valence-electron chi connectivity index (χ3n) is 5.01. The third kappa shape index (κ3) is 3.34. The molecule has 2 N–H and O–H groups in total. The van der Waals surface area contributed by atoms with Gasteiger partial charge in [0, 0.05) is 35.2 Å². The fraction of sp³-hybridized carbons (Fsp3) is 0.286. The second-order valence-electron chi connectivity index (χ2n) is 7.02. The molecule has 0 spiro atoms. The number of ether oxygens (including phenoxy) is 1. The van der Waals surface area contributed by atoms with Gasteiger partial charge in [-0.2, -0.15) is 16.6 Å². The first-order valence-corrected chi connectivity index (χ1v) is 10.7. The van der Waals surface area contributed by atoms with E-state index in [1.807, 2.05) is 11.4 Å². The molecule has 0 aliphatic carbocycles. The molecule has 138 valence electrons. The zero-order valence-electron chi connectivity index (χ0n) is 15.3. The van der Waals surface area contributed by atoms with Crippen LogP contribution in [0.4, 0.5) is 0 Å². The molecule has 0 saturated carbocycles. The number of rotatable bonds is 3. The molecule has 4 nitrogen and oxygen atoms in total. The highest BCUT2D eigenvalue weighted by atomic mass is 32.1. The molecule has 1 unspecified atom stereocenters. The predicted octanol–water partition coefficient (Wildman–Crippen LogP) is 4.68. The van der Waals surface area contributed by atoms with Crippen molar-refractivity contribution in [2.75, 3.05) is 13.1 Å². The van der Waals surface area contributed by atoms with Gasteiger partial charge in [-0.1, -0.05) is 6.07 Å². The molecule has 4 rings (SSSR count). The number of hydrogen-bond acceptors (Lipinski definition) is 6. The molecule has 0 bridgehead atoms. The zero-order valence-corrected chi connectivity index (χ0v) is 16.9. The molecule has 27 heavy (non-hydrogen) atoms. The first-order valence-electron chi connectivity index (χ1n) is 8.89. The Morgan fingerprint density at radius 3 is 2.81 bits per heavy atom. The van der Waals surface area contributed by atoms with E-state index in [1.54, 1.807) is 22.7 Å². The van der Waals surface area contributed by atoms with Crippen molar-refractivity contribution in [3.63, 3.8) is 0 Å². The summed E-state index contributed by atoms with van der Waals surface area (Å²) in [6.45, 7) is 5.98. The van der Waals surface area contributed by atoms with Gasteiger partial charge in [0.05, 0.1) is 5.92 Å². The van der Waals surface area contributed by atoms with Crippen molar-refractivity contribution in [2.24, 2.45) is 5.73 Å². The van der Waals surface area contributed by atoms with E-state index < -0.39 is 0 Å². The van der Waals surface area contributed by atoms with Gasteiger partial charge in [-0.3, -0.25) is 4.90 Å². The topological polar surface area (TPSA) is 62.3 Å². The molecule has 2 aliphatic rings. The highest BCUT2D eigenvalue weighted by Crippen LogP contribution is 2.45. The van der Waals surface area contributed by atoms with Gasteiger partial charge in [0.15, 0.2) is 0 Å². The minimum Gasteiger partial charge on any atom is -0.440 e. The van der Waals surface area contributed by atoms with E-state index in [0.717, 1.165) is 40.4 Å². The minimum absolute atomic E-state index is 0.133. The molecular formula is C21H21N3OS2. The van der Waals surface area contributed by atoms with Gasteiger partial charge in [0.25, 0.3) is 0 Å². The Bertz CT molecular complexity index is 960. The van der Waals surface area contributed by atoms with Crippen molar-refractivity contribution in [2.45, 2.75) is 25.8 Å². The molecule has 6 heteroatoms. The van der Waals surface area contributed by atoms with E-state index in [1.165, 1.54) is 0 Å². The molecule has 4 heterocycles. The zero-order chi connectivity index (χ0) is 19.0. The molecule has 1 atom stereocenters. The largest absolute Gasteiger partial charge is 0.440 e. The highest BCUT2D eigenvalue weighted by molar-refractivity contribution is 7.10. The number of nitrogens with zero attached hydrogens (tertiary/aromatic N) is 2. The lowest BCUT2D eigenvalue weighted by Crippen LogP contribution is -2.41. The molecule has 2 aliphatic heterocycles. The standard InChI is InChI=1S/C21H21N3OS2/c1-13(2)24-10-15(8-14-5-7-26-12-14)20-17(11-24)19(18-4-3-6-27-18)16(9-22)21(23)25-20/h3-8,12-13,19H,10-11,23H2,1-2H3. The predicted molar refractivity (Wildman–Crippen MR) is 111 cm³/mol. The molecule has 0 fully saturated rings. The molecule has 0 saturated heterocycles. The summed E-state index contributed by atoms with van der Waals surface area (Å²) < 4.78 is 6.04. The Labute approximate surface area is 167 Å². The smallest absolute Gasteiger partial charge is 0.205 e. The lowest BCUT2D eigenvalue weighted by Gasteiger charge is -2.39. The summed E-state index contributed by atoms with van der Waals surface area (Å²) in [6.07, 6.45) is 2.18. The van der Waals surface area contributed by atoms with Crippen LogP contribution < -0.4 is 5.73 Å². The van der Waals surface area contributed by atoms with Crippen LogP contribution in [0.1, 0.15) is 30.2 Å². The second-order valence-corrected chi connectivity index (χ2v) is 8.78. The normalized spacial score (nSPS) is 22.1. The quantitative estimate of drug-likeness (QED) is 0.820. The number of thiophene rings is 2. The van der Waals surface area contributed by atoms with Crippen LogP contribution in [-0.2, 0) is 4.74 Å². The maximum Gasteiger partial charge on any atom is 0.205 e. The van der Waals surface area contributed by atoms with Crippen LogP contribution in [-0.4, -0.2) is 24.0 Å². The molecular weight excluding hydrogens is 374 g/mol. The van der Waals surface area contributed by atoms with E-state index in [2.05, 4.69) is 53.8 Å². The summed E-state index contributed by atoms with van der Waals surface area (Å²) in [5.74, 6) is 0.933. The van der Waals surface area contributed by atoms with Gasteiger partial charge < -0.3 is 10.5 Å². The Morgan fingerprint density at radius 2 is 2.19 bits per heavy atom. The van der Waals surface area contributed by atoms with E-state index in [0.29, 0.717) is 11.6 Å². The van der Waals surface area contributed by atoms with Crippen LogP contribution in [0.25, 0.3) is 6.08 Å². The van der Waals surface area contributed by atoms with Crippen LogP contribution in [0.3, 0.4) is 0 Å². The summed E-state index contributed by atoms with van der Waals surface area (Å²) in [7, 11) is 0. The molecule has 0 amide bonds. The second kappa shape index (κ2) is 7.35. The Balaban J connectivity index is 1.87. The maximum absolute atomic E-state index is 9.76. The van der Waals surface area contributed by atoms with Crippen molar-refractivity contribution in [1.29, 1.82) is 5.26 Å². The van der Waals surface area contributed by atoms with Crippen LogP contribution in [0.5, 0.6) is 0 Å². The van der Waals surface area contributed by atoms with Gasteiger partial charge in [0.2, 0.25) is 5.88 Å². The van der Waals surface area contributed by atoms with E-state index in [4.69, 9.17) is 10.5 Å². The van der Waals surface area contributed by atoms with Crippen LogP contribution in [0.2, 0.25) is 0 Å². The van der Waals surface area contributed by atoms with Crippen molar-refractivity contribution >= 4 is 28.7 Å². The van der Waals surface area contributed by atoms with Crippen molar-refractivity contribution in [3.8, 4) is 6.07 Å². The molecule has 0 aromatic carbocycles. The fourth-order valence-electron chi connectivity index (χ4n) is 3.60. The first kappa shape index (κ1) is 18.1. The molecule has 2 aromatic heterocycles. The van der Waals surface area contributed by atoms with Crippen LogP contribution in [0.15, 0.2) is 62.7 Å². The Hall–Kier alpha value is -2.33. The van der Waals surface area contributed by atoms with Crippen LogP contribution in [0, 0.1) is 11.3 Å². The monoisotopic (exact) mass is 395 g/mol. The summed E-state index contributed by atoms with van der Waals surface area (Å²) in [6, 6.07) is 8.89. The summed E-state index contributed by atoms with van der Waals surface area (Å²) in [4.78, 5) is 3.54. The third-order valence-corrected chi connectivity index (χ3v) is 6.65. The first-order chi connectivity index (χ1) is 13.1. The van der Waals surface area contributed by atoms with Crippen molar-refractivity contribution < 1.29 is 4.74 Å². The molecule has 0 radical (unpaired) electrons.